The van der Waals surface area contributed by atoms with Crippen LogP contribution in [0.15, 0.2) is 53.4 Å². The van der Waals surface area contributed by atoms with E-state index in [2.05, 4.69) is 4.72 Å². The van der Waals surface area contributed by atoms with Crippen LogP contribution in [-0.4, -0.2) is 25.8 Å². The smallest absolute Gasteiger partial charge is 0.241 e. The first-order valence-corrected chi connectivity index (χ1v) is 10.4. The van der Waals surface area contributed by atoms with Gasteiger partial charge in [0, 0.05) is 25.6 Å². The standard InChI is InChI=1S/C20H24N2O3S/c1-3-20(23)22-13-12-17-10-7-11-19(18(17)14-22)26(24,25)21-15(2)16-8-5-4-6-9-16/h4-11,15,21H,3,12-14H2,1-2H3/t15-/m1/s1. The van der Waals surface area contributed by atoms with Gasteiger partial charge in [-0.25, -0.2) is 13.1 Å². The zero-order valence-electron chi connectivity index (χ0n) is 15.1. The van der Waals surface area contributed by atoms with Crippen molar-refractivity contribution in [3.05, 3.63) is 65.2 Å². The summed E-state index contributed by atoms with van der Waals surface area (Å²) in [5.74, 6) is 0.0495. The van der Waals surface area contributed by atoms with Gasteiger partial charge >= 0.3 is 0 Å². The molecule has 2 aromatic rings. The Morgan fingerprint density at radius 2 is 1.88 bits per heavy atom. The molecule has 3 rings (SSSR count). The van der Waals surface area contributed by atoms with Crippen molar-refractivity contribution in [2.24, 2.45) is 0 Å². The van der Waals surface area contributed by atoms with Gasteiger partial charge in [-0.3, -0.25) is 4.79 Å². The number of hydrogen-bond donors (Lipinski definition) is 1. The number of carbonyl (C=O) groups is 1. The maximum atomic E-state index is 13.0. The van der Waals surface area contributed by atoms with Crippen molar-refractivity contribution in [1.82, 2.24) is 9.62 Å². The van der Waals surface area contributed by atoms with E-state index < -0.39 is 10.0 Å². The monoisotopic (exact) mass is 372 g/mol. The minimum atomic E-state index is -3.69. The molecule has 0 saturated heterocycles. The van der Waals surface area contributed by atoms with Crippen LogP contribution in [0.4, 0.5) is 0 Å². The van der Waals surface area contributed by atoms with Crippen LogP contribution in [0, 0.1) is 0 Å². The van der Waals surface area contributed by atoms with Crippen molar-refractivity contribution in [3.8, 4) is 0 Å². The first kappa shape index (κ1) is 18.6. The van der Waals surface area contributed by atoms with Crippen LogP contribution in [0.3, 0.4) is 0 Å². The highest BCUT2D eigenvalue weighted by atomic mass is 32.2. The quantitative estimate of drug-likeness (QED) is 0.877. The zero-order chi connectivity index (χ0) is 18.7. The van der Waals surface area contributed by atoms with Crippen molar-refractivity contribution in [2.75, 3.05) is 6.54 Å². The molecule has 1 N–H and O–H groups in total. The molecule has 0 radical (unpaired) electrons. The average Bonchev–Trinajstić information content (AvgIpc) is 2.66. The Balaban J connectivity index is 1.90. The summed E-state index contributed by atoms with van der Waals surface area (Å²) in [5, 5.41) is 0. The van der Waals surface area contributed by atoms with E-state index >= 15 is 0 Å². The minimum absolute atomic E-state index is 0.0495. The maximum Gasteiger partial charge on any atom is 0.241 e. The van der Waals surface area contributed by atoms with Crippen LogP contribution >= 0.6 is 0 Å². The van der Waals surface area contributed by atoms with E-state index in [9.17, 15) is 13.2 Å². The molecule has 0 fully saturated rings. The molecule has 1 heterocycles. The number of nitrogens with zero attached hydrogens (tertiary/aromatic N) is 1. The van der Waals surface area contributed by atoms with Gasteiger partial charge in [0.2, 0.25) is 15.9 Å². The third-order valence-electron chi connectivity index (χ3n) is 4.81. The van der Waals surface area contributed by atoms with Crippen molar-refractivity contribution in [3.63, 3.8) is 0 Å². The zero-order valence-corrected chi connectivity index (χ0v) is 15.9. The maximum absolute atomic E-state index is 13.0. The second-order valence-electron chi connectivity index (χ2n) is 6.57. The van der Waals surface area contributed by atoms with Gasteiger partial charge < -0.3 is 4.90 Å². The van der Waals surface area contributed by atoms with Gasteiger partial charge in [-0.1, -0.05) is 49.4 Å². The summed E-state index contributed by atoms with van der Waals surface area (Å²) < 4.78 is 28.8. The van der Waals surface area contributed by atoms with E-state index in [1.165, 1.54) is 0 Å². The Morgan fingerprint density at radius 1 is 1.15 bits per heavy atom. The second kappa shape index (κ2) is 7.60. The Bertz CT molecular complexity index is 895. The fourth-order valence-electron chi connectivity index (χ4n) is 3.34. The van der Waals surface area contributed by atoms with Crippen LogP contribution in [0.2, 0.25) is 0 Å². The van der Waals surface area contributed by atoms with Crippen molar-refractivity contribution >= 4 is 15.9 Å². The van der Waals surface area contributed by atoms with Gasteiger partial charge in [-0.15, -0.1) is 0 Å². The summed E-state index contributed by atoms with van der Waals surface area (Å²) in [6.07, 6.45) is 1.10. The summed E-state index contributed by atoms with van der Waals surface area (Å²) >= 11 is 0. The van der Waals surface area contributed by atoms with Gasteiger partial charge in [0.05, 0.1) is 4.90 Å². The average molecular weight is 372 g/mol. The molecule has 26 heavy (non-hydrogen) atoms. The lowest BCUT2D eigenvalue weighted by Gasteiger charge is -2.30. The molecule has 0 aliphatic carbocycles. The molecule has 0 spiro atoms. The van der Waals surface area contributed by atoms with Crippen LogP contribution in [0.5, 0.6) is 0 Å². The fraction of sp³-hybridized carbons (Fsp3) is 0.350. The van der Waals surface area contributed by atoms with Crippen molar-refractivity contribution in [1.29, 1.82) is 0 Å². The Kier molecular flexibility index (Phi) is 5.44. The molecular formula is C20H24N2O3S. The third-order valence-corrected chi connectivity index (χ3v) is 6.43. The number of rotatable bonds is 5. The number of carbonyl (C=O) groups excluding carboxylic acids is 1. The molecular weight excluding hydrogens is 348 g/mol. The number of amides is 1. The lowest BCUT2D eigenvalue weighted by Crippen LogP contribution is -2.37. The molecule has 0 unspecified atom stereocenters. The van der Waals surface area contributed by atoms with E-state index in [4.69, 9.17) is 0 Å². The summed E-state index contributed by atoms with van der Waals surface area (Å²) in [4.78, 5) is 14.1. The Morgan fingerprint density at radius 3 is 2.58 bits per heavy atom. The molecule has 1 aliphatic rings. The van der Waals surface area contributed by atoms with Crippen molar-refractivity contribution in [2.45, 2.75) is 44.2 Å². The van der Waals surface area contributed by atoms with Gasteiger partial charge in [0.25, 0.3) is 0 Å². The van der Waals surface area contributed by atoms with Gasteiger partial charge in [0.1, 0.15) is 0 Å². The lowest BCUT2D eigenvalue weighted by atomic mass is 9.99. The summed E-state index contributed by atoms with van der Waals surface area (Å²) in [7, 11) is -3.69. The van der Waals surface area contributed by atoms with Crippen LogP contribution < -0.4 is 4.72 Å². The normalized spacial score (nSPS) is 15.4. The largest absolute Gasteiger partial charge is 0.338 e. The Hall–Kier alpha value is -2.18. The molecule has 2 aromatic carbocycles. The highest BCUT2D eigenvalue weighted by molar-refractivity contribution is 7.89. The molecule has 1 amide bonds. The lowest BCUT2D eigenvalue weighted by molar-refractivity contribution is -0.131. The molecule has 6 heteroatoms. The minimum Gasteiger partial charge on any atom is -0.338 e. The van der Waals surface area contributed by atoms with E-state index in [1.807, 2.05) is 50.2 Å². The molecule has 138 valence electrons. The first-order valence-electron chi connectivity index (χ1n) is 8.88. The third kappa shape index (κ3) is 3.81. The van der Waals surface area contributed by atoms with Gasteiger partial charge in [-0.2, -0.15) is 0 Å². The molecule has 0 bridgehead atoms. The van der Waals surface area contributed by atoms with E-state index in [-0.39, 0.29) is 16.8 Å². The van der Waals surface area contributed by atoms with Crippen LogP contribution in [0.25, 0.3) is 0 Å². The van der Waals surface area contributed by atoms with Crippen molar-refractivity contribution < 1.29 is 13.2 Å². The second-order valence-corrected chi connectivity index (χ2v) is 8.25. The molecule has 0 aromatic heterocycles. The van der Waals surface area contributed by atoms with E-state index in [1.54, 1.807) is 17.0 Å². The predicted molar refractivity (Wildman–Crippen MR) is 101 cm³/mol. The van der Waals surface area contributed by atoms with Gasteiger partial charge in [-0.05, 0) is 36.1 Å². The summed E-state index contributed by atoms with van der Waals surface area (Å²) in [6.45, 7) is 4.63. The predicted octanol–water partition coefficient (Wildman–Crippen LogP) is 3.02. The van der Waals surface area contributed by atoms with E-state index in [0.717, 1.165) is 16.7 Å². The molecule has 5 nitrogen and oxygen atoms in total. The van der Waals surface area contributed by atoms with Crippen LogP contribution in [0.1, 0.15) is 43.0 Å². The van der Waals surface area contributed by atoms with Crippen LogP contribution in [-0.2, 0) is 27.8 Å². The summed E-state index contributed by atoms with van der Waals surface area (Å²) in [5.41, 5.74) is 2.64. The molecule has 0 saturated carbocycles. The van der Waals surface area contributed by atoms with E-state index in [0.29, 0.717) is 25.9 Å². The number of fused-ring (bicyclic) bond motifs is 1. The molecule has 1 atom stereocenters. The van der Waals surface area contributed by atoms with Gasteiger partial charge in [0.15, 0.2) is 0 Å². The topological polar surface area (TPSA) is 66.5 Å². The number of benzene rings is 2. The molecule has 1 aliphatic heterocycles. The number of hydrogen-bond acceptors (Lipinski definition) is 3. The SMILES string of the molecule is CCC(=O)N1CCc2cccc(S(=O)(=O)N[C@H](C)c3ccccc3)c2C1. The fourth-order valence-corrected chi connectivity index (χ4v) is 4.85. The number of sulfonamides is 1. The Labute approximate surface area is 155 Å². The first-order chi connectivity index (χ1) is 12.4. The highest BCUT2D eigenvalue weighted by Gasteiger charge is 2.27. The number of nitrogens with one attached hydrogen (secondary N) is 1. The highest BCUT2D eigenvalue weighted by Crippen LogP contribution is 2.27. The summed E-state index contributed by atoms with van der Waals surface area (Å²) in [6, 6.07) is 14.5.